The molecule has 0 atom stereocenters. The summed E-state index contributed by atoms with van der Waals surface area (Å²) < 4.78 is 11.1. The summed E-state index contributed by atoms with van der Waals surface area (Å²) in [6.45, 7) is 11.4. The van der Waals surface area contributed by atoms with Gasteiger partial charge in [-0.05, 0) is 37.5 Å². The molecule has 0 spiro atoms. The van der Waals surface area contributed by atoms with Gasteiger partial charge in [0.05, 0.1) is 13.2 Å². The molecule has 0 bridgehead atoms. The second kappa shape index (κ2) is 8.54. The molecule has 1 saturated heterocycles. The van der Waals surface area contributed by atoms with Crippen molar-refractivity contribution < 1.29 is 14.3 Å². The molecule has 6 nitrogen and oxygen atoms in total. The Kier molecular flexibility index (Phi) is 6.15. The van der Waals surface area contributed by atoms with E-state index in [2.05, 4.69) is 22.3 Å². The topological polar surface area (TPSA) is 54.0 Å². The summed E-state index contributed by atoms with van der Waals surface area (Å²) in [7, 11) is 0. The second-order valence-electron chi connectivity index (χ2n) is 6.56. The Balaban J connectivity index is 1.78. The van der Waals surface area contributed by atoms with Gasteiger partial charge >= 0.3 is 6.09 Å². The molecule has 0 aliphatic carbocycles. The van der Waals surface area contributed by atoms with Crippen LogP contribution < -0.4 is 10.1 Å². The van der Waals surface area contributed by atoms with E-state index >= 15 is 0 Å². The molecule has 3 rings (SSSR count). The van der Waals surface area contributed by atoms with E-state index in [0.29, 0.717) is 26.3 Å². The van der Waals surface area contributed by atoms with Gasteiger partial charge in [-0.15, -0.1) is 0 Å². The second-order valence-corrected chi connectivity index (χ2v) is 6.56. The van der Waals surface area contributed by atoms with E-state index < -0.39 is 0 Å². The quantitative estimate of drug-likeness (QED) is 0.883. The monoisotopic (exact) mass is 347 g/mol. The molecule has 6 heteroatoms. The number of nitrogens with one attached hydrogen (secondary N) is 1. The van der Waals surface area contributed by atoms with Gasteiger partial charge in [-0.3, -0.25) is 4.90 Å². The van der Waals surface area contributed by atoms with Gasteiger partial charge in [0.25, 0.3) is 0 Å². The van der Waals surface area contributed by atoms with Gasteiger partial charge in [0.2, 0.25) is 0 Å². The fourth-order valence-electron chi connectivity index (χ4n) is 3.53. The molecule has 2 aliphatic rings. The lowest BCUT2D eigenvalue weighted by molar-refractivity contribution is 0.102. The van der Waals surface area contributed by atoms with Gasteiger partial charge < -0.3 is 19.7 Å². The van der Waals surface area contributed by atoms with E-state index in [9.17, 15) is 4.79 Å². The Bertz CT molecular complexity index is 600. The lowest BCUT2D eigenvalue weighted by Crippen LogP contribution is -2.43. The maximum absolute atomic E-state index is 12.0. The molecule has 0 unspecified atom stereocenters. The van der Waals surface area contributed by atoms with Gasteiger partial charge in [0.15, 0.2) is 0 Å². The molecular weight excluding hydrogens is 318 g/mol. The Hall–Kier alpha value is -1.79. The first kappa shape index (κ1) is 18.0. The van der Waals surface area contributed by atoms with Gasteiger partial charge in [-0.2, -0.15) is 0 Å². The van der Waals surface area contributed by atoms with Crippen LogP contribution in [0.25, 0.3) is 0 Å². The third-order valence-corrected chi connectivity index (χ3v) is 4.82. The molecule has 1 aromatic rings. The van der Waals surface area contributed by atoms with Crippen molar-refractivity contribution >= 4 is 6.09 Å². The summed E-state index contributed by atoms with van der Waals surface area (Å²) in [4.78, 5) is 16.3. The summed E-state index contributed by atoms with van der Waals surface area (Å²) in [5.41, 5.74) is 3.76. The fraction of sp³-hybridized carbons (Fsp3) is 0.632. The van der Waals surface area contributed by atoms with Crippen molar-refractivity contribution in [3.63, 3.8) is 0 Å². The molecule has 138 valence electrons. The van der Waals surface area contributed by atoms with Crippen molar-refractivity contribution in [1.82, 2.24) is 15.1 Å². The van der Waals surface area contributed by atoms with E-state index in [1.165, 1.54) is 16.7 Å². The highest BCUT2D eigenvalue weighted by atomic mass is 16.6. The number of benzene rings is 1. The maximum atomic E-state index is 12.0. The molecule has 0 radical (unpaired) electrons. The van der Waals surface area contributed by atoms with Gasteiger partial charge in [0, 0.05) is 51.4 Å². The highest BCUT2D eigenvalue weighted by molar-refractivity contribution is 5.68. The number of carbonyl (C=O) groups is 1. The zero-order valence-corrected chi connectivity index (χ0v) is 15.3. The molecule has 2 aliphatic heterocycles. The number of ether oxygens (including phenoxy) is 2. The fourth-order valence-corrected chi connectivity index (χ4v) is 3.53. The van der Waals surface area contributed by atoms with Gasteiger partial charge in [0.1, 0.15) is 5.75 Å². The van der Waals surface area contributed by atoms with Crippen molar-refractivity contribution in [1.29, 1.82) is 0 Å². The summed E-state index contributed by atoms with van der Waals surface area (Å²) in [5, 5.41) is 3.39. The van der Waals surface area contributed by atoms with Crippen molar-refractivity contribution in [3.05, 3.63) is 28.8 Å². The third kappa shape index (κ3) is 4.44. The van der Waals surface area contributed by atoms with Crippen LogP contribution in [0, 0.1) is 0 Å². The molecule has 1 N–H and O–H groups in total. The van der Waals surface area contributed by atoms with Crippen molar-refractivity contribution in [2.75, 3.05) is 45.9 Å². The van der Waals surface area contributed by atoms with E-state index in [4.69, 9.17) is 9.47 Å². The lowest BCUT2D eigenvalue weighted by Gasteiger charge is -2.31. The lowest BCUT2D eigenvalue weighted by atomic mass is 9.96. The maximum Gasteiger partial charge on any atom is 0.410 e. The van der Waals surface area contributed by atoms with E-state index in [0.717, 1.165) is 44.9 Å². The first-order chi connectivity index (χ1) is 12.2. The number of nitrogens with zero attached hydrogens (tertiary/aromatic N) is 2. The van der Waals surface area contributed by atoms with Gasteiger partial charge in [-0.1, -0.05) is 6.07 Å². The molecule has 1 fully saturated rings. The zero-order valence-electron chi connectivity index (χ0n) is 15.3. The Morgan fingerprint density at radius 3 is 2.64 bits per heavy atom. The normalized spacial score (nSPS) is 17.9. The van der Waals surface area contributed by atoms with Crippen molar-refractivity contribution in [3.8, 4) is 5.75 Å². The predicted octanol–water partition coefficient (Wildman–Crippen LogP) is 2.01. The number of carbonyl (C=O) groups excluding carboxylic acids is 1. The number of hydrogen-bond donors (Lipinski definition) is 1. The average molecular weight is 347 g/mol. The SMILES string of the molecule is CCOC(=O)N1CCc2cc(CN3CCNCC3)c(OCC)cc2C1. The van der Waals surface area contributed by atoms with Crippen LogP contribution in [0.2, 0.25) is 0 Å². The van der Waals surface area contributed by atoms with E-state index in [-0.39, 0.29) is 6.09 Å². The highest BCUT2D eigenvalue weighted by Gasteiger charge is 2.24. The van der Waals surface area contributed by atoms with Crippen molar-refractivity contribution in [2.45, 2.75) is 33.4 Å². The van der Waals surface area contributed by atoms with E-state index in [1.54, 1.807) is 4.90 Å². The van der Waals surface area contributed by atoms with Gasteiger partial charge in [-0.25, -0.2) is 4.79 Å². The number of amides is 1. The van der Waals surface area contributed by atoms with Crippen LogP contribution in [-0.2, 0) is 24.2 Å². The third-order valence-electron chi connectivity index (χ3n) is 4.82. The van der Waals surface area contributed by atoms with Crippen LogP contribution in [0.15, 0.2) is 12.1 Å². The molecular formula is C19H29N3O3. The summed E-state index contributed by atoms with van der Waals surface area (Å²) in [6.07, 6.45) is 0.644. The number of fused-ring (bicyclic) bond motifs is 1. The number of rotatable bonds is 5. The van der Waals surface area contributed by atoms with Crippen LogP contribution in [0.5, 0.6) is 5.75 Å². The van der Waals surface area contributed by atoms with E-state index in [1.807, 2.05) is 13.8 Å². The average Bonchev–Trinajstić information content (AvgIpc) is 2.63. The largest absolute Gasteiger partial charge is 0.494 e. The first-order valence-corrected chi connectivity index (χ1v) is 9.33. The molecule has 1 amide bonds. The zero-order chi connectivity index (χ0) is 17.6. The Morgan fingerprint density at radius 2 is 1.92 bits per heavy atom. The molecule has 0 saturated carbocycles. The first-order valence-electron chi connectivity index (χ1n) is 9.33. The van der Waals surface area contributed by atoms with Crippen molar-refractivity contribution in [2.24, 2.45) is 0 Å². The summed E-state index contributed by atoms with van der Waals surface area (Å²) in [6, 6.07) is 4.41. The van der Waals surface area contributed by atoms with Crippen LogP contribution in [0.4, 0.5) is 4.79 Å². The van der Waals surface area contributed by atoms with Crippen LogP contribution >= 0.6 is 0 Å². The Labute approximate surface area is 150 Å². The molecule has 2 heterocycles. The van der Waals surface area contributed by atoms with Crippen LogP contribution in [-0.4, -0.2) is 61.8 Å². The van der Waals surface area contributed by atoms with Crippen LogP contribution in [0.3, 0.4) is 0 Å². The summed E-state index contributed by atoms with van der Waals surface area (Å²) >= 11 is 0. The minimum atomic E-state index is -0.226. The minimum absolute atomic E-state index is 0.226. The predicted molar refractivity (Wildman–Crippen MR) is 96.9 cm³/mol. The van der Waals surface area contributed by atoms with Crippen LogP contribution in [0.1, 0.15) is 30.5 Å². The smallest absolute Gasteiger partial charge is 0.410 e. The molecule has 0 aromatic heterocycles. The Morgan fingerprint density at radius 1 is 1.12 bits per heavy atom. The highest BCUT2D eigenvalue weighted by Crippen LogP contribution is 2.29. The summed E-state index contributed by atoms with van der Waals surface area (Å²) in [5.74, 6) is 0.950. The standard InChI is InChI=1S/C19H29N3O3/c1-3-24-18-12-16-14-22(19(23)25-4-2)8-5-15(16)11-17(18)13-21-9-6-20-7-10-21/h11-12,20H,3-10,13-14H2,1-2H3. The molecule has 1 aromatic carbocycles. The number of hydrogen-bond acceptors (Lipinski definition) is 5. The number of piperazine rings is 1. The molecule has 25 heavy (non-hydrogen) atoms. The minimum Gasteiger partial charge on any atom is -0.494 e.